The van der Waals surface area contributed by atoms with E-state index in [9.17, 15) is 0 Å². The molecule has 0 spiro atoms. The quantitative estimate of drug-likeness (QED) is 0.418. The van der Waals surface area contributed by atoms with E-state index in [4.69, 9.17) is 46.4 Å². The summed E-state index contributed by atoms with van der Waals surface area (Å²) in [5, 5.41) is 1.65. The number of benzene rings is 1. The first-order valence-electron chi connectivity index (χ1n) is 6.53. The monoisotopic (exact) mass is 336 g/mol. The van der Waals surface area contributed by atoms with Gasteiger partial charge >= 0.3 is 0 Å². The Hall–Kier alpha value is 0.120. The van der Waals surface area contributed by atoms with Crippen LogP contribution in [0.4, 0.5) is 0 Å². The van der Waals surface area contributed by atoms with Crippen LogP contribution in [0.15, 0.2) is 17.7 Å². The van der Waals surface area contributed by atoms with Crippen molar-refractivity contribution in [2.45, 2.75) is 32.1 Å². The van der Waals surface area contributed by atoms with Crippen LogP contribution in [0.1, 0.15) is 37.7 Å². The Kier molecular flexibility index (Phi) is 5.89. The molecule has 1 aliphatic rings. The van der Waals surface area contributed by atoms with E-state index in [1.165, 1.54) is 37.7 Å². The lowest BCUT2D eigenvalue weighted by Gasteiger charge is -2.23. The molecule has 19 heavy (non-hydrogen) atoms. The molecule has 0 amide bonds. The van der Waals surface area contributed by atoms with Crippen molar-refractivity contribution < 1.29 is 0 Å². The summed E-state index contributed by atoms with van der Waals surface area (Å²) in [6, 6.07) is 3.48. The zero-order valence-corrected chi connectivity index (χ0v) is 13.6. The Morgan fingerprint density at radius 3 is 2.32 bits per heavy atom. The largest absolute Gasteiger partial charge is 0.122 e. The molecular formula is C15H16Cl4. The molecule has 0 nitrogen and oxygen atoms in total. The van der Waals surface area contributed by atoms with E-state index in [1.54, 1.807) is 12.1 Å². The van der Waals surface area contributed by atoms with E-state index in [2.05, 4.69) is 0 Å². The number of hydrogen-bond donors (Lipinski definition) is 0. The van der Waals surface area contributed by atoms with Crippen molar-refractivity contribution in [1.82, 2.24) is 0 Å². The molecule has 0 bridgehead atoms. The van der Waals surface area contributed by atoms with Gasteiger partial charge in [-0.3, -0.25) is 0 Å². The molecule has 0 aliphatic heterocycles. The first kappa shape index (κ1) is 15.5. The van der Waals surface area contributed by atoms with Crippen molar-refractivity contribution in [2.75, 3.05) is 5.88 Å². The minimum absolute atomic E-state index is 0.507. The van der Waals surface area contributed by atoms with Gasteiger partial charge in [-0.25, -0.2) is 0 Å². The maximum Gasteiger partial charge on any atom is 0.0679 e. The van der Waals surface area contributed by atoms with Gasteiger partial charge in [-0.1, -0.05) is 65.7 Å². The van der Waals surface area contributed by atoms with E-state index in [1.807, 2.05) is 6.08 Å². The fourth-order valence-corrected chi connectivity index (χ4v) is 3.54. The third-order valence-corrected chi connectivity index (χ3v) is 5.15. The molecule has 0 N–H and O–H groups in total. The highest BCUT2D eigenvalue weighted by Gasteiger charge is 2.18. The van der Waals surface area contributed by atoms with Crippen LogP contribution < -0.4 is 0 Å². The molecule has 1 aliphatic carbocycles. The maximum atomic E-state index is 6.23. The van der Waals surface area contributed by atoms with Crippen molar-refractivity contribution in [3.63, 3.8) is 0 Å². The van der Waals surface area contributed by atoms with Gasteiger partial charge in [0.15, 0.2) is 0 Å². The van der Waals surface area contributed by atoms with Crippen LogP contribution in [0.2, 0.25) is 15.1 Å². The minimum atomic E-state index is 0.507. The van der Waals surface area contributed by atoms with E-state index < -0.39 is 0 Å². The Morgan fingerprint density at radius 1 is 1.05 bits per heavy atom. The number of hydrogen-bond acceptors (Lipinski definition) is 0. The SMILES string of the molecule is ClC/C(=C/c1c(Cl)ccc(Cl)c1Cl)C1CCCCC1. The molecule has 0 unspecified atom stereocenters. The van der Waals surface area contributed by atoms with Gasteiger partial charge in [-0.2, -0.15) is 0 Å². The summed E-state index contributed by atoms with van der Waals surface area (Å²) in [7, 11) is 0. The number of alkyl halides is 1. The Bertz CT molecular complexity index is 473. The Balaban J connectivity index is 2.34. The fraction of sp³-hybridized carbons (Fsp3) is 0.467. The lowest BCUT2D eigenvalue weighted by Crippen LogP contribution is -2.10. The molecule has 4 heteroatoms. The predicted octanol–water partition coefficient (Wildman–Crippen LogP) is 6.85. The highest BCUT2D eigenvalue weighted by Crippen LogP contribution is 2.36. The zero-order valence-electron chi connectivity index (χ0n) is 10.6. The number of halogens is 4. The van der Waals surface area contributed by atoms with Crippen LogP contribution in [0.3, 0.4) is 0 Å². The van der Waals surface area contributed by atoms with Crippen LogP contribution >= 0.6 is 46.4 Å². The Morgan fingerprint density at radius 2 is 1.68 bits per heavy atom. The summed E-state index contributed by atoms with van der Waals surface area (Å²) >= 11 is 24.6. The van der Waals surface area contributed by atoms with Crippen LogP contribution in [0.5, 0.6) is 0 Å². The fourth-order valence-electron chi connectivity index (χ4n) is 2.60. The number of rotatable bonds is 3. The van der Waals surface area contributed by atoms with Crippen molar-refractivity contribution in [2.24, 2.45) is 5.92 Å². The summed E-state index contributed by atoms with van der Waals surface area (Å²) in [6.45, 7) is 0. The summed E-state index contributed by atoms with van der Waals surface area (Å²) < 4.78 is 0. The van der Waals surface area contributed by atoms with Gasteiger partial charge in [-0.15, -0.1) is 11.6 Å². The van der Waals surface area contributed by atoms with Gasteiger partial charge < -0.3 is 0 Å². The van der Waals surface area contributed by atoms with E-state index in [0.717, 1.165) is 5.56 Å². The highest BCUT2D eigenvalue weighted by molar-refractivity contribution is 6.44. The summed E-state index contributed by atoms with van der Waals surface area (Å²) in [4.78, 5) is 0. The summed E-state index contributed by atoms with van der Waals surface area (Å²) in [5.74, 6) is 1.07. The minimum Gasteiger partial charge on any atom is -0.122 e. The molecule has 0 saturated heterocycles. The molecule has 1 fully saturated rings. The molecule has 0 aromatic heterocycles. The molecule has 104 valence electrons. The molecule has 1 aromatic carbocycles. The first-order valence-corrected chi connectivity index (χ1v) is 8.20. The van der Waals surface area contributed by atoms with Crippen molar-refractivity contribution in [3.05, 3.63) is 38.3 Å². The van der Waals surface area contributed by atoms with E-state index >= 15 is 0 Å². The van der Waals surface area contributed by atoms with Gasteiger partial charge in [0.1, 0.15) is 0 Å². The average Bonchev–Trinajstić information content (AvgIpc) is 2.44. The number of allylic oxidation sites excluding steroid dienone is 1. The van der Waals surface area contributed by atoms with Gasteiger partial charge in [-0.05, 0) is 30.9 Å². The van der Waals surface area contributed by atoms with Crippen molar-refractivity contribution in [3.8, 4) is 0 Å². The molecule has 2 rings (SSSR count). The zero-order chi connectivity index (χ0) is 13.8. The summed E-state index contributed by atoms with van der Waals surface area (Å²) in [6.07, 6.45) is 8.30. The van der Waals surface area contributed by atoms with Gasteiger partial charge in [0, 0.05) is 16.5 Å². The normalized spacial score (nSPS) is 17.8. The van der Waals surface area contributed by atoms with Crippen LogP contribution in [0, 0.1) is 5.92 Å². The highest BCUT2D eigenvalue weighted by atomic mass is 35.5. The van der Waals surface area contributed by atoms with E-state index in [0.29, 0.717) is 26.9 Å². The van der Waals surface area contributed by atoms with Crippen molar-refractivity contribution >= 4 is 52.5 Å². The van der Waals surface area contributed by atoms with Gasteiger partial charge in [0.05, 0.1) is 10.0 Å². The van der Waals surface area contributed by atoms with Crippen LogP contribution in [-0.4, -0.2) is 5.88 Å². The lowest BCUT2D eigenvalue weighted by atomic mass is 9.83. The van der Waals surface area contributed by atoms with Crippen LogP contribution in [0.25, 0.3) is 6.08 Å². The van der Waals surface area contributed by atoms with Gasteiger partial charge in [0.2, 0.25) is 0 Å². The second kappa shape index (κ2) is 7.22. The maximum absolute atomic E-state index is 6.23. The summed E-state index contributed by atoms with van der Waals surface area (Å²) in [5.41, 5.74) is 2.00. The molecule has 1 saturated carbocycles. The Labute approximate surface area is 134 Å². The first-order chi connectivity index (χ1) is 9.13. The average molecular weight is 338 g/mol. The van der Waals surface area contributed by atoms with Crippen LogP contribution in [-0.2, 0) is 0 Å². The standard InChI is InChI=1S/C15H16Cl4/c16-9-11(10-4-2-1-3-5-10)8-12-13(17)6-7-14(18)15(12)19/h6-8,10H,1-5,9H2/b11-8-. The third-order valence-electron chi connectivity index (χ3n) is 3.69. The van der Waals surface area contributed by atoms with E-state index in [-0.39, 0.29) is 0 Å². The smallest absolute Gasteiger partial charge is 0.0679 e. The molecular weight excluding hydrogens is 322 g/mol. The van der Waals surface area contributed by atoms with Gasteiger partial charge in [0.25, 0.3) is 0 Å². The topological polar surface area (TPSA) is 0 Å². The van der Waals surface area contributed by atoms with Crippen molar-refractivity contribution in [1.29, 1.82) is 0 Å². The predicted molar refractivity (Wildman–Crippen MR) is 86.7 cm³/mol. The second-order valence-corrected chi connectivity index (χ2v) is 6.40. The lowest BCUT2D eigenvalue weighted by molar-refractivity contribution is 0.405. The molecule has 0 heterocycles. The molecule has 1 aromatic rings. The second-order valence-electron chi connectivity index (χ2n) is 4.94. The third kappa shape index (κ3) is 3.82. The molecule has 0 atom stereocenters. The molecule has 0 radical (unpaired) electrons.